The van der Waals surface area contributed by atoms with Gasteiger partial charge < -0.3 is 18.9 Å². The van der Waals surface area contributed by atoms with Crippen LogP contribution in [-0.2, 0) is 28.7 Å². The Kier molecular flexibility index (Phi) is 17.0. The van der Waals surface area contributed by atoms with Crippen LogP contribution in [0.25, 0.3) is 20.8 Å². The number of carbonyl (C=O) groups excluding carboxylic acids is 4. The van der Waals surface area contributed by atoms with Crippen LogP contribution >= 0.6 is 11.3 Å². The van der Waals surface area contributed by atoms with Gasteiger partial charge in [0.1, 0.15) is 44.9 Å². The molecule has 0 spiro atoms. The second kappa shape index (κ2) is 22.8. The van der Waals surface area contributed by atoms with Gasteiger partial charge in [-0.3, -0.25) is 14.4 Å². The molecular formula is C51H64F3NO8S. The van der Waals surface area contributed by atoms with Gasteiger partial charge in [-0.1, -0.05) is 71.3 Å². The smallest absolute Gasteiger partial charge is 0.333 e. The SMILES string of the molecule is CCCCCC1CC=C(C(=O)OC2CCC(C(=O)Oc3ccc(OC(=O)C4CCC(OC(=O)C5CCC(CCCCC)CC5)CC4)c4nc(-c5c(F)cc(F)cc5F)sc34)CC2)CC1. The number of halogens is 3. The molecule has 0 radical (unpaired) electrons. The molecule has 1 aromatic heterocycles. The molecule has 4 aliphatic carbocycles. The Bertz CT molecular complexity index is 2110. The zero-order valence-electron chi connectivity index (χ0n) is 37.4. The maximum absolute atomic E-state index is 15.1. The number of fused-ring (bicyclic) bond motifs is 1. The first-order chi connectivity index (χ1) is 31.0. The summed E-state index contributed by atoms with van der Waals surface area (Å²) in [6.45, 7) is 4.40. The molecule has 3 fully saturated rings. The number of benzene rings is 2. The Morgan fingerprint density at radius 1 is 0.641 bits per heavy atom. The molecule has 1 heterocycles. The molecule has 7 rings (SSSR count). The minimum absolute atomic E-state index is 0.0199. The van der Waals surface area contributed by atoms with E-state index in [0.717, 1.165) is 61.9 Å². The van der Waals surface area contributed by atoms with E-state index < -0.39 is 46.8 Å². The predicted octanol–water partition coefficient (Wildman–Crippen LogP) is 13.1. The molecule has 2 aromatic carbocycles. The first-order valence-electron chi connectivity index (χ1n) is 24.1. The summed E-state index contributed by atoms with van der Waals surface area (Å²) < 4.78 is 67.9. The Labute approximate surface area is 379 Å². The molecule has 3 saturated carbocycles. The van der Waals surface area contributed by atoms with Gasteiger partial charge in [0.2, 0.25) is 0 Å². The molecule has 0 bridgehead atoms. The lowest BCUT2D eigenvalue weighted by Gasteiger charge is -2.31. The molecule has 4 aliphatic rings. The fraction of sp³-hybridized carbons (Fsp3) is 0.627. The molecule has 0 N–H and O–H groups in total. The fourth-order valence-electron chi connectivity index (χ4n) is 10.1. The highest BCUT2D eigenvalue weighted by atomic mass is 32.1. The quantitative estimate of drug-likeness (QED) is 0.0741. The van der Waals surface area contributed by atoms with E-state index >= 15 is 8.78 Å². The lowest BCUT2D eigenvalue weighted by atomic mass is 9.79. The van der Waals surface area contributed by atoms with Crippen LogP contribution in [0, 0.1) is 47.0 Å². The Morgan fingerprint density at radius 2 is 1.17 bits per heavy atom. The number of rotatable bonds is 17. The summed E-state index contributed by atoms with van der Waals surface area (Å²) in [5.74, 6) is -4.48. The van der Waals surface area contributed by atoms with Crippen molar-refractivity contribution in [1.29, 1.82) is 0 Å². The van der Waals surface area contributed by atoms with Gasteiger partial charge in [-0.2, -0.15) is 0 Å². The van der Waals surface area contributed by atoms with E-state index in [4.69, 9.17) is 18.9 Å². The van der Waals surface area contributed by atoms with Gasteiger partial charge in [0.05, 0.1) is 23.3 Å². The first-order valence-corrected chi connectivity index (χ1v) is 24.9. The number of hydrogen-bond acceptors (Lipinski definition) is 10. The standard InChI is InChI=1S/C51H64F3NO8S/c1-3-5-7-9-31-11-15-33(16-12-31)48(56)60-38-23-19-35(20-24-38)50(58)62-42-27-28-43(46-45(42)55-47(64-46)44-40(53)29-37(52)30-41(44)54)63-51(59)36-21-25-39(26-22-36)61-49(57)34-17-13-32(14-18-34)10-8-6-4-2/h17,27-33,35-36,38-39H,3-16,18-26H2,1-2H3. The Morgan fingerprint density at radius 3 is 1.75 bits per heavy atom. The minimum atomic E-state index is -1.16. The Balaban J connectivity index is 0.954. The van der Waals surface area contributed by atoms with Crippen molar-refractivity contribution in [3.63, 3.8) is 0 Å². The van der Waals surface area contributed by atoms with E-state index in [9.17, 15) is 23.6 Å². The lowest BCUT2D eigenvalue weighted by molar-refractivity contribution is -0.158. The summed E-state index contributed by atoms with van der Waals surface area (Å²) in [6, 6.07) is 4.03. The van der Waals surface area contributed by atoms with Crippen LogP contribution in [0.15, 0.2) is 35.9 Å². The number of esters is 4. The second-order valence-corrected chi connectivity index (χ2v) is 19.7. The predicted molar refractivity (Wildman–Crippen MR) is 239 cm³/mol. The van der Waals surface area contributed by atoms with Gasteiger partial charge in [-0.05, 0) is 120 Å². The van der Waals surface area contributed by atoms with Crippen molar-refractivity contribution < 1.29 is 51.3 Å². The third kappa shape index (κ3) is 12.3. The minimum Gasteiger partial charge on any atom is -0.462 e. The molecule has 348 valence electrons. The maximum atomic E-state index is 15.1. The van der Waals surface area contributed by atoms with E-state index in [1.54, 1.807) is 0 Å². The second-order valence-electron chi connectivity index (χ2n) is 18.7. The fourth-order valence-corrected chi connectivity index (χ4v) is 11.1. The molecule has 0 saturated heterocycles. The van der Waals surface area contributed by atoms with Crippen molar-refractivity contribution in [3.05, 3.63) is 53.4 Å². The highest BCUT2D eigenvalue weighted by Crippen LogP contribution is 2.43. The number of ether oxygens (including phenoxy) is 4. The highest BCUT2D eigenvalue weighted by molar-refractivity contribution is 7.22. The van der Waals surface area contributed by atoms with Crippen molar-refractivity contribution in [2.45, 2.75) is 174 Å². The van der Waals surface area contributed by atoms with Crippen LogP contribution < -0.4 is 9.47 Å². The number of nitrogens with zero attached hydrogens (tertiary/aromatic N) is 1. The number of allylic oxidation sites excluding steroid dienone is 1. The topological polar surface area (TPSA) is 118 Å². The summed E-state index contributed by atoms with van der Waals surface area (Å²) in [5.41, 5.74) is 0.236. The van der Waals surface area contributed by atoms with Gasteiger partial charge in [0, 0.05) is 17.7 Å². The van der Waals surface area contributed by atoms with Crippen LogP contribution in [0.1, 0.15) is 162 Å². The van der Waals surface area contributed by atoms with E-state index in [1.165, 1.54) is 63.5 Å². The molecule has 3 aromatic rings. The molecular weight excluding hydrogens is 844 g/mol. The molecule has 0 aliphatic heterocycles. The van der Waals surface area contributed by atoms with Crippen molar-refractivity contribution >= 4 is 45.4 Å². The molecule has 13 heteroatoms. The van der Waals surface area contributed by atoms with Crippen molar-refractivity contribution in [3.8, 4) is 22.1 Å². The number of unbranched alkanes of at least 4 members (excludes halogenated alkanes) is 4. The highest BCUT2D eigenvalue weighted by Gasteiger charge is 2.35. The third-order valence-corrected chi connectivity index (χ3v) is 15.2. The van der Waals surface area contributed by atoms with Gasteiger partial charge in [0.15, 0.2) is 11.5 Å². The van der Waals surface area contributed by atoms with Gasteiger partial charge in [-0.25, -0.2) is 22.9 Å². The summed E-state index contributed by atoms with van der Waals surface area (Å²) in [5, 5.41) is -0.152. The molecule has 0 amide bonds. The molecule has 1 atom stereocenters. The van der Waals surface area contributed by atoms with Crippen LogP contribution in [0.4, 0.5) is 13.2 Å². The zero-order chi connectivity index (χ0) is 45.2. The van der Waals surface area contributed by atoms with Crippen LogP contribution in [-0.4, -0.2) is 41.1 Å². The first kappa shape index (κ1) is 47.7. The van der Waals surface area contributed by atoms with Crippen LogP contribution in [0.2, 0.25) is 0 Å². The monoisotopic (exact) mass is 907 g/mol. The molecule has 9 nitrogen and oxygen atoms in total. The van der Waals surface area contributed by atoms with E-state index in [0.29, 0.717) is 75.3 Å². The summed E-state index contributed by atoms with van der Waals surface area (Å²) in [6.07, 6.45) is 21.5. The average molecular weight is 908 g/mol. The zero-order valence-corrected chi connectivity index (χ0v) is 38.3. The maximum Gasteiger partial charge on any atom is 0.333 e. The van der Waals surface area contributed by atoms with E-state index in [-0.39, 0.29) is 56.8 Å². The average Bonchev–Trinajstić information content (AvgIpc) is 3.73. The molecule has 64 heavy (non-hydrogen) atoms. The normalized spacial score (nSPS) is 25.0. The number of aromatic nitrogens is 1. The number of thiazole rings is 1. The lowest BCUT2D eigenvalue weighted by Crippen LogP contribution is -2.32. The molecule has 1 unspecified atom stereocenters. The van der Waals surface area contributed by atoms with Crippen LogP contribution in [0.5, 0.6) is 11.5 Å². The van der Waals surface area contributed by atoms with Crippen molar-refractivity contribution in [2.24, 2.45) is 29.6 Å². The third-order valence-electron chi connectivity index (χ3n) is 14.1. The number of carbonyl (C=O) groups is 4. The van der Waals surface area contributed by atoms with Gasteiger partial charge in [0.25, 0.3) is 0 Å². The van der Waals surface area contributed by atoms with Crippen molar-refractivity contribution in [1.82, 2.24) is 4.98 Å². The van der Waals surface area contributed by atoms with Gasteiger partial charge in [-0.15, -0.1) is 11.3 Å². The van der Waals surface area contributed by atoms with Gasteiger partial charge >= 0.3 is 23.9 Å². The van der Waals surface area contributed by atoms with E-state index in [2.05, 4.69) is 18.8 Å². The summed E-state index contributed by atoms with van der Waals surface area (Å²) >= 11 is 0.831. The summed E-state index contributed by atoms with van der Waals surface area (Å²) in [7, 11) is 0. The number of hydrogen-bond donors (Lipinski definition) is 0. The summed E-state index contributed by atoms with van der Waals surface area (Å²) in [4.78, 5) is 57.7. The van der Waals surface area contributed by atoms with E-state index in [1.807, 2.05) is 6.08 Å². The van der Waals surface area contributed by atoms with Crippen LogP contribution in [0.3, 0.4) is 0 Å². The largest absolute Gasteiger partial charge is 0.462 e. The van der Waals surface area contributed by atoms with Crippen molar-refractivity contribution in [2.75, 3.05) is 0 Å². The Hall–Kier alpha value is -4.26.